The minimum absolute atomic E-state index is 0.0492. The molecule has 0 aliphatic carbocycles. The van der Waals surface area contributed by atoms with Gasteiger partial charge in [-0.3, -0.25) is 9.59 Å². The van der Waals surface area contributed by atoms with E-state index in [-0.39, 0.29) is 24.9 Å². The SMILES string of the molecule is CC/C=C/C=C/C=C\CCCCCC(CC(=O)NC(CO)C(O)CCCCCCCCCCC)OC(=O)CCCCCCCCC/C=C/C/C=C/CC. The van der Waals surface area contributed by atoms with Crippen molar-refractivity contribution in [2.45, 2.75) is 219 Å². The van der Waals surface area contributed by atoms with Gasteiger partial charge in [-0.25, -0.2) is 0 Å². The van der Waals surface area contributed by atoms with Crippen molar-refractivity contribution in [3.05, 3.63) is 60.8 Å². The molecule has 0 aromatic heterocycles. The lowest BCUT2D eigenvalue weighted by atomic mass is 10.0. The molecule has 0 saturated heterocycles. The summed E-state index contributed by atoms with van der Waals surface area (Å²) in [5.41, 5.74) is 0. The fraction of sp³-hybridized carbons (Fsp3) is 0.745. The van der Waals surface area contributed by atoms with Gasteiger partial charge in [-0.1, -0.05) is 178 Å². The molecule has 0 radical (unpaired) electrons. The zero-order valence-corrected chi connectivity index (χ0v) is 34.6. The Bertz CT molecular complexity index is 968. The molecule has 1 amide bonds. The maximum atomic E-state index is 13.1. The van der Waals surface area contributed by atoms with Crippen LogP contribution in [0.1, 0.15) is 201 Å². The number of amides is 1. The highest BCUT2D eigenvalue weighted by atomic mass is 16.5. The Hall–Kier alpha value is -2.44. The predicted octanol–water partition coefficient (Wildman–Crippen LogP) is 12.5. The third kappa shape index (κ3) is 36.3. The second-order valence-corrected chi connectivity index (χ2v) is 14.7. The van der Waals surface area contributed by atoms with Gasteiger partial charge >= 0.3 is 5.97 Å². The van der Waals surface area contributed by atoms with Crippen LogP contribution in [-0.2, 0) is 14.3 Å². The maximum Gasteiger partial charge on any atom is 0.306 e. The van der Waals surface area contributed by atoms with E-state index in [1.807, 2.05) is 12.2 Å². The van der Waals surface area contributed by atoms with Gasteiger partial charge in [0.15, 0.2) is 0 Å². The quantitative estimate of drug-likeness (QED) is 0.0253. The van der Waals surface area contributed by atoms with Crippen LogP contribution in [-0.4, -0.2) is 46.9 Å². The number of unbranched alkanes of at least 4 members (excludes halogenated alkanes) is 18. The number of carbonyl (C=O) groups is 2. The Kier molecular flexibility index (Phi) is 38.9. The number of rotatable bonds is 38. The molecule has 3 unspecified atom stereocenters. The third-order valence-electron chi connectivity index (χ3n) is 9.65. The van der Waals surface area contributed by atoms with Gasteiger partial charge < -0.3 is 20.3 Å². The van der Waals surface area contributed by atoms with Gasteiger partial charge in [-0.2, -0.15) is 0 Å². The second-order valence-electron chi connectivity index (χ2n) is 14.7. The van der Waals surface area contributed by atoms with Crippen LogP contribution in [0.2, 0.25) is 0 Å². The molecule has 0 heterocycles. The Morgan fingerprint density at radius 1 is 0.585 bits per heavy atom. The summed E-state index contributed by atoms with van der Waals surface area (Å²) in [7, 11) is 0. The van der Waals surface area contributed by atoms with Gasteiger partial charge in [0.05, 0.1) is 25.2 Å². The summed E-state index contributed by atoms with van der Waals surface area (Å²) in [6.07, 6.45) is 48.6. The number of allylic oxidation sites excluding steroid dienone is 10. The highest BCUT2D eigenvalue weighted by Gasteiger charge is 2.24. The summed E-state index contributed by atoms with van der Waals surface area (Å²) in [4.78, 5) is 25.9. The number of nitrogens with one attached hydrogen (secondary N) is 1. The standard InChI is InChI=1S/C47H83NO5/c1-4-7-10-13-16-19-21-22-23-25-28-31-34-37-40-47(52)53-43(38-35-32-29-27-24-20-17-14-11-8-5-2)41-46(51)48-44(42-49)45(50)39-36-33-30-26-18-15-12-9-6-3/h7-8,10-11,14,16-17,19-20,24,43-45,49-50H,4-6,9,12-13,15,18,21-23,25-42H2,1-3H3,(H,48,51)/b10-7+,11-8+,17-14+,19-16+,24-20-. The number of esters is 1. The number of aliphatic hydroxyl groups excluding tert-OH is 2. The van der Waals surface area contributed by atoms with Crippen molar-refractivity contribution < 1.29 is 24.5 Å². The van der Waals surface area contributed by atoms with Gasteiger partial charge in [0, 0.05) is 6.42 Å². The first-order valence-electron chi connectivity index (χ1n) is 22.0. The minimum atomic E-state index is -0.796. The molecule has 0 fully saturated rings. The smallest absolute Gasteiger partial charge is 0.306 e. The second kappa shape index (κ2) is 40.7. The summed E-state index contributed by atoms with van der Waals surface area (Å²) >= 11 is 0. The average molecular weight is 742 g/mol. The van der Waals surface area contributed by atoms with Crippen molar-refractivity contribution in [1.29, 1.82) is 0 Å². The first-order valence-corrected chi connectivity index (χ1v) is 22.0. The molecule has 6 heteroatoms. The molecule has 6 nitrogen and oxygen atoms in total. The highest BCUT2D eigenvalue weighted by molar-refractivity contribution is 5.77. The van der Waals surface area contributed by atoms with Crippen LogP contribution in [0.25, 0.3) is 0 Å². The third-order valence-corrected chi connectivity index (χ3v) is 9.65. The molecule has 0 aliphatic rings. The van der Waals surface area contributed by atoms with Gasteiger partial charge in [-0.05, 0) is 70.6 Å². The predicted molar refractivity (Wildman–Crippen MR) is 227 cm³/mol. The van der Waals surface area contributed by atoms with Gasteiger partial charge in [0.1, 0.15) is 6.10 Å². The van der Waals surface area contributed by atoms with Crippen molar-refractivity contribution in [3.63, 3.8) is 0 Å². The largest absolute Gasteiger partial charge is 0.462 e. The van der Waals surface area contributed by atoms with E-state index >= 15 is 0 Å². The van der Waals surface area contributed by atoms with E-state index in [9.17, 15) is 19.8 Å². The fourth-order valence-corrected chi connectivity index (χ4v) is 6.35. The molecule has 3 atom stereocenters. The Morgan fingerprint density at radius 3 is 1.75 bits per heavy atom. The molecule has 0 aromatic rings. The summed E-state index contributed by atoms with van der Waals surface area (Å²) in [5.74, 6) is -0.525. The van der Waals surface area contributed by atoms with Crippen LogP contribution in [0.15, 0.2) is 60.8 Å². The van der Waals surface area contributed by atoms with Crippen molar-refractivity contribution in [2.24, 2.45) is 0 Å². The molecule has 306 valence electrons. The molecule has 0 rings (SSSR count). The van der Waals surface area contributed by atoms with Crippen molar-refractivity contribution in [3.8, 4) is 0 Å². The van der Waals surface area contributed by atoms with Crippen LogP contribution in [0.3, 0.4) is 0 Å². The van der Waals surface area contributed by atoms with E-state index in [0.717, 1.165) is 89.9 Å². The molecular weight excluding hydrogens is 659 g/mol. The maximum absolute atomic E-state index is 13.1. The minimum Gasteiger partial charge on any atom is -0.462 e. The van der Waals surface area contributed by atoms with Crippen molar-refractivity contribution in [1.82, 2.24) is 5.32 Å². The zero-order chi connectivity index (χ0) is 38.9. The lowest BCUT2D eigenvalue weighted by Crippen LogP contribution is -2.46. The van der Waals surface area contributed by atoms with Crippen LogP contribution in [0, 0.1) is 0 Å². The number of ether oxygens (including phenoxy) is 1. The summed E-state index contributed by atoms with van der Waals surface area (Å²) in [6.45, 7) is 6.19. The molecule has 3 N–H and O–H groups in total. The zero-order valence-electron chi connectivity index (χ0n) is 34.6. The number of hydrogen-bond donors (Lipinski definition) is 3. The number of hydrogen-bond acceptors (Lipinski definition) is 5. The van der Waals surface area contributed by atoms with Crippen LogP contribution < -0.4 is 5.32 Å². The van der Waals surface area contributed by atoms with Gasteiger partial charge in [0.2, 0.25) is 5.91 Å². The van der Waals surface area contributed by atoms with E-state index in [0.29, 0.717) is 19.3 Å². The fourth-order valence-electron chi connectivity index (χ4n) is 6.35. The lowest BCUT2D eigenvalue weighted by Gasteiger charge is -2.24. The number of carbonyl (C=O) groups excluding carboxylic acids is 2. The molecule has 0 aliphatic heterocycles. The highest BCUT2D eigenvalue weighted by Crippen LogP contribution is 2.17. The molecular formula is C47H83NO5. The van der Waals surface area contributed by atoms with E-state index in [1.54, 1.807) is 0 Å². The van der Waals surface area contributed by atoms with E-state index < -0.39 is 18.2 Å². The summed E-state index contributed by atoms with van der Waals surface area (Å²) in [5, 5.41) is 23.5. The van der Waals surface area contributed by atoms with Crippen LogP contribution in [0.5, 0.6) is 0 Å². The van der Waals surface area contributed by atoms with E-state index in [4.69, 9.17) is 4.74 Å². The van der Waals surface area contributed by atoms with Gasteiger partial charge in [-0.15, -0.1) is 0 Å². The first kappa shape index (κ1) is 50.6. The summed E-state index contributed by atoms with van der Waals surface area (Å²) < 4.78 is 5.87. The normalized spacial score (nSPS) is 14.0. The van der Waals surface area contributed by atoms with E-state index in [1.165, 1.54) is 64.2 Å². The molecule has 0 aromatic carbocycles. The Morgan fingerprint density at radius 2 is 1.11 bits per heavy atom. The first-order chi connectivity index (χ1) is 26.0. The average Bonchev–Trinajstić information content (AvgIpc) is 3.15. The monoisotopic (exact) mass is 742 g/mol. The lowest BCUT2D eigenvalue weighted by molar-refractivity contribution is -0.151. The topological polar surface area (TPSA) is 95.9 Å². The van der Waals surface area contributed by atoms with Gasteiger partial charge in [0.25, 0.3) is 0 Å². The number of aliphatic hydroxyl groups is 2. The van der Waals surface area contributed by atoms with E-state index in [2.05, 4.69) is 74.7 Å². The molecule has 0 spiro atoms. The Labute approximate surface area is 327 Å². The van der Waals surface area contributed by atoms with Crippen molar-refractivity contribution in [2.75, 3.05) is 6.61 Å². The summed E-state index contributed by atoms with van der Waals surface area (Å²) in [6, 6.07) is -0.712. The molecule has 53 heavy (non-hydrogen) atoms. The molecule has 0 bridgehead atoms. The van der Waals surface area contributed by atoms with Crippen LogP contribution in [0.4, 0.5) is 0 Å². The van der Waals surface area contributed by atoms with Crippen molar-refractivity contribution >= 4 is 11.9 Å². The van der Waals surface area contributed by atoms with Crippen LogP contribution >= 0.6 is 0 Å². The Balaban J connectivity index is 4.64. The molecule has 0 saturated carbocycles.